The third kappa shape index (κ3) is 3.89. The summed E-state index contributed by atoms with van der Waals surface area (Å²) >= 11 is 0. The predicted octanol–water partition coefficient (Wildman–Crippen LogP) is 2.78. The van der Waals surface area contributed by atoms with Gasteiger partial charge in [0.05, 0.1) is 18.0 Å². The molecule has 0 fully saturated rings. The molecule has 0 saturated heterocycles. The number of nitrogens with one attached hydrogen (secondary N) is 3. The summed E-state index contributed by atoms with van der Waals surface area (Å²) in [5.41, 5.74) is 8.53. The first kappa shape index (κ1) is 17.2. The lowest BCUT2D eigenvalue weighted by atomic mass is 10.1. The van der Waals surface area contributed by atoms with Crippen molar-refractivity contribution < 1.29 is 9.53 Å². The molecular formula is C19H19N5O2. The van der Waals surface area contributed by atoms with E-state index >= 15 is 0 Å². The summed E-state index contributed by atoms with van der Waals surface area (Å²) < 4.78 is 5.61. The van der Waals surface area contributed by atoms with Crippen LogP contribution in [-0.2, 0) is 0 Å². The van der Waals surface area contributed by atoms with E-state index in [0.717, 1.165) is 16.9 Å². The van der Waals surface area contributed by atoms with Crippen molar-refractivity contribution >= 4 is 11.6 Å². The second-order valence-electron chi connectivity index (χ2n) is 5.39. The predicted molar refractivity (Wildman–Crippen MR) is 99.1 cm³/mol. The van der Waals surface area contributed by atoms with Crippen molar-refractivity contribution in [2.75, 3.05) is 6.61 Å². The lowest BCUT2D eigenvalue weighted by molar-refractivity contribution is 0.0937. The van der Waals surface area contributed by atoms with Crippen LogP contribution in [0.3, 0.4) is 0 Å². The number of para-hydroxylation sites is 1. The number of ether oxygens (including phenoxy) is 1. The van der Waals surface area contributed by atoms with Crippen LogP contribution in [0.25, 0.3) is 17.0 Å². The Morgan fingerprint density at radius 3 is 2.73 bits per heavy atom. The Morgan fingerprint density at radius 2 is 1.96 bits per heavy atom. The van der Waals surface area contributed by atoms with E-state index in [9.17, 15) is 4.79 Å². The van der Waals surface area contributed by atoms with Crippen molar-refractivity contribution in [3.63, 3.8) is 0 Å². The van der Waals surface area contributed by atoms with Gasteiger partial charge in [-0.15, -0.1) is 0 Å². The van der Waals surface area contributed by atoms with Gasteiger partial charge in [0.1, 0.15) is 11.4 Å². The quantitative estimate of drug-likeness (QED) is 0.571. The number of pyridine rings is 1. The highest BCUT2D eigenvalue weighted by Gasteiger charge is 2.14. The van der Waals surface area contributed by atoms with E-state index in [0.29, 0.717) is 23.7 Å². The molecule has 1 aromatic carbocycles. The Labute approximate surface area is 151 Å². The molecular weight excluding hydrogens is 330 g/mol. The Bertz CT molecular complexity index is 905. The van der Waals surface area contributed by atoms with Crippen LogP contribution in [-0.4, -0.2) is 27.7 Å². The molecule has 7 nitrogen and oxygen atoms in total. The van der Waals surface area contributed by atoms with Crippen LogP contribution < -0.4 is 15.6 Å². The van der Waals surface area contributed by atoms with E-state index in [-0.39, 0.29) is 5.91 Å². The molecule has 0 radical (unpaired) electrons. The normalized spacial score (nSPS) is 10.2. The molecule has 26 heavy (non-hydrogen) atoms. The minimum Gasteiger partial charge on any atom is -0.493 e. The van der Waals surface area contributed by atoms with E-state index in [1.54, 1.807) is 30.6 Å². The van der Waals surface area contributed by atoms with Gasteiger partial charge < -0.3 is 4.74 Å². The highest BCUT2D eigenvalue weighted by molar-refractivity contribution is 5.93. The zero-order chi connectivity index (χ0) is 18.4. The molecule has 132 valence electrons. The molecule has 0 unspecified atom stereocenters. The van der Waals surface area contributed by atoms with Gasteiger partial charge in [-0.2, -0.15) is 5.10 Å². The average molecular weight is 349 g/mol. The molecule has 2 heterocycles. The molecule has 0 aliphatic rings. The zero-order valence-corrected chi connectivity index (χ0v) is 14.3. The molecule has 0 spiro atoms. The number of rotatable bonds is 7. The maximum atomic E-state index is 12.3. The van der Waals surface area contributed by atoms with Crippen LogP contribution in [0, 0.1) is 0 Å². The fourth-order valence-corrected chi connectivity index (χ4v) is 2.36. The topological polar surface area (TPSA) is 91.9 Å². The second kappa shape index (κ2) is 7.98. The van der Waals surface area contributed by atoms with Gasteiger partial charge in [0.25, 0.3) is 5.91 Å². The maximum absolute atomic E-state index is 12.3. The summed E-state index contributed by atoms with van der Waals surface area (Å²) in [6, 6.07) is 12.8. The summed E-state index contributed by atoms with van der Waals surface area (Å²) in [4.78, 5) is 16.2. The van der Waals surface area contributed by atoms with Gasteiger partial charge in [0.15, 0.2) is 0 Å². The highest BCUT2D eigenvalue weighted by Crippen LogP contribution is 2.28. The smallest absolute Gasteiger partial charge is 0.287 e. The SMILES string of the molecule is C=C(NNC(=O)c1cc(-c2ccccc2OCC)n[nH]1)c1ccncc1. The number of hydrogen-bond donors (Lipinski definition) is 3. The average Bonchev–Trinajstić information content (AvgIpc) is 3.17. The summed E-state index contributed by atoms with van der Waals surface area (Å²) in [6.45, 7) is 6.35. The standard InChI is InChI=1S/C19H19N5O2/c1-3-26-18-7-5-4-6-15(18)16-12-17(23-22-16)19(25)24-21-13(2)14-8-10-20-11-9-14/h4-12,21H,2-3H2,1H3,(H,22,23)(H,24,25). The number of carbonyl (C=O) groups excluding carboxylic acids is 1. The van der Waals surface area contributed by atoms with E-state index in [2.05, 4.69) is 32.6 Å². The first-order valence-corrected chi connectivity index (χ1v) is 8.12. The highest BCUT2D eigenvalue weighted by atomic mass is 16.5. The van der Waals surface area contributed by atoms with Crippen molar-refractivity contribution in [1.29, 1.82) is 0 Å². The van der Waals surface area contributed by atoms with Gasteiger partial charge in [0.2, 0.25) is 0 Å². The number of hydrogen-bond acceptors (Lipinski definition) is 5. The van der Waals surface area contributed by atoms with Crippen molar-refractivity contribution in [1.82, 2.24) is 26.0 Å². The molecule has 0 saturated carbocycles. The van der Waals surface area contributed by atoms with Crippen LogP contribution in [0.15, 0.2) is 61.4 Å². The molecule has 3 aromatic rings. The molecule has 1 amide bonds. The summed E-state index contributed by atoms with van der Waals surface area (Å²) in [6.07, 6.45) is 3.31. The van der Waals surface area contributed by atoms with E-state index in [1.807, 2.05) is 31.2 Å². The Kier molecular flexibility index (Phi) is 5.28. The van der Waals surface area contributed by atoms with Crippen LogP contribution in [0.1, 0.15) is 23.0 Å². The molecule has 7 heteroatoms. The maximum Gasteiger partial charge on any atom is 0.287 e. The van der Waals surface area contributed by atoms with Gasteiger partial charge in [-0.3, -0.25) is 25.7 Å². The minimum atomic E-state index is -0.354. The lowest BCUT2D eigenvalue weighted by Crippen LogP contribution is -2.36. The Balaban J connectivity index is 1.68. The molecule has 3 rings (SSSR count). The first-order chi connectivity index (χ1) is 12.7. The molecule has 0 bridgehead atoms. The van der Waals surface area contributed by atoms with Crippen molar-refractivity contribution in [3.8, 4) is 17.0 Å². The molecule has 0 aliphatic heterocycles. The molecule has 0 aliphatic carbocycles. The number of H-pyrrole nitrogens is 1. The number of aromatic amines is 1. The van der Waals surface area contributed by atoms with E-state index < -0.39 is 0 Å². The van der Waals surface area contributed by atoms with E-state index in [4.69, 9.17) is 4.74 Å². The number of hydrazine groups is 1. The summed E-state index contributed by atoms with van der Waals surface area (Å²) in [5.74, 6) is 0.366. The van der Waals surface area contributed by atoms with E-state index in [1.165, 1.54) is 0 Å². The van der Waals surface area contributed by atoms with Crippen LogP contribution in [0.2, 0.25) is 0 Å². The van der Waals surface area contributed by atoms with Crippen molar-refractivity contribution in [2.24, 2.45) is 0 Å². The van der Waals surface area contributed by atoms with Gasteiger partial charge in [-0.25, -0.2) is 0 Å². The first-order valence-electron chi connectivity index (χ1n) is 8.12. The number of carbonyl (C=O) groups is 1. The zero-order valence-electron chi connectivity index (χ0n) is 14.3. The van der Waals surface area contributed by atoms with Gasteiger partial charge in [-0.05, 0) is 37.3 Å². The number of amides is 1. The monoisotopic (exact) mass is 349 g/mol. The fraction of sp³-hybridized carbons (Fsp3) is 0.105. The number of benzene rings is 1. The molecule has 2 aromatic heterocycles. The Hall–Kier alpha value is -3.61. The third-order valence-corrected chi connectivity index (χ3v) is 3.64. The van der Waals surface area contributed by atoms with Crippen LogP contribution in [0.5, 0.6) is 5.75 Å². The third-order valence-electron chi connectivity index (χ3n) is 3.64. The number of nitrogens with zero attached hydrogens (tertiary/aromatic N) is 2. The second-order valence-corrected chi connectivity index (χ2v) is 5.39. The van der Waals surface area contributed by atoms with Crippen molar-refractivity contribution in [3.05, 3.63) is 72.7 Å². The minimum absolute atomic E-state index is 0.321. The molecule has 3 N–H and O–H groups in total. The van der Waals surface area contributed by atoms with Crippen molar-refractivity contribution in [2.45, 2.75) is 6.92 Å². The van der Waals surface area contributed by atoms with Gasteiger partial charge >= 0.3 is 0 Å². The number of aromatic nitrogens is 3. The lowest BCUT2D eigenvalue weighted by Gasteiger charge is -2.10. The largest absolute Gasteiger partial charge is 0.493 e. The van der Waals surface area contributed by atoms with Gasteiger partial charge in [-0.1, -0.05) is 18.7 Å². The van der Waals surface area contributed by atoms with Crippen LogP contribution >= 0.6 is 0 Å². The summed E-state index contributed by atoms with van der Waals surface area (Å²) in [7, 11) is 0. The van der Waals surface area contributed by atoms with Crippen LogP contribution in [0.4, 0.5) is 0 Å². The molecule has 0 atom stereocenters. The fourth-order valence-electron chi connectivity index (χ4n) is 2.36. The summed E-state index contributed by atoms with van der Waals surface area (Å²) in [5, 5.41) is 6.95. The van der Waals surface area contributed by atoms with Gasteiger partial charge in [0, 0.05) is 23.5 Å². The Morgan fingerprint density at radius 1 is 1.19 bits per heavy atom.